The zero-order valence-electron chi connectivity index (χ0n) is 8.32. The van der Waals surface area contributed by atoms with Crippen LogP contribution in [0.15, 0.2) is 24.3 Å². The second kappa shape index (κ2) is 3.73. The maximum absolute atomic E-state index is 11.6. The Morgan fingerprint density at radius 3 is 2.93 bits per heavy atom. The van der Waals surface area contributed by atoms with Crippen LogP contribution in [0.5, 0.6) is 0 Å². The minimum Gasteiger partial charge on any atom is -0.467 e. The first-order valence-electron chi connectivity index (χ1n) is 4.69. The van der Waals surface area contributed by atoms with E-state index in [4.69, 9.17) is 0 Å². The van der Waals surface area contributed by atoms with Crippen LogP contribution < -0.4 is 5.32 Å². The highest BCUT2D eigenvalue weighted by Crippen LogP contribution is 2.16. The minimum absolute atomic E-state index is 0.216. The van der Waals surface area contributed by atoms with Gasteiger partial charge in [-0.3, -0.25) is 4.79 Å². The first-order valence-corrected chi connectivity index (χ1v) is 4.69. The number of carbonyl (C=O) groups is 2. The molecule has 4 nitrogen and oxygen atoms in total. The molecule has 0 radical (unpaired) electrons. The highest BCUT2D eigenvalue weighted by molar-refractivity contribution is 5.99. The second-order valence-electron chi connectivity index (χ2n) is 3.41. The highest BCUT2D eigenvalue weighted by atomic mass is 16.5. The van der Waals surface area contributed by atoms with Gasteiger partial charge in [-0.15, -0.1) is 0 Å². The lowest BCUT2D eigenvalue weighted by Crippen LogP contribution is -2.46. The topological polar surface area (TPSA) is 55.4 Å². The number of methoxy groups -OCH3 is 1. The lowest BCUT2D eigenvalue weighted by Gasteiger charge is -2.23. The van der Waals surface area contributed by atoms with Gasteiger partial charge in [0.1, 0.15) is 6.04 Å². The van der Waals surface area contributed by atoms with Crippen LogP contribution in [-0.2, 0) is 16.0 Å². The Morgan fingerprint density at radius 1 is 1.47 bits per heavy atom. The molecule has 1 aliphatic heterocycles. The summed E-state index contributed by atoms with van der Waals surface area (Å²) < 4.78 is 4.60. The van der Waals surface area contributed by atoms with Gasteiger partial charge in [0, 0.05) is 12.0 Å². The second-order valence-corrected chi connectivity index (χ2v) is 3.41. The summed E-state index contributed by atoms with van der Waals surface area (Å²) in [5.74, 6) is -0.620. The summed E-state index contributed by atoms with van der Waals surface area (Å²) in [4.78, 5) is 22.9. The average Bonchev–Trinajstić information content (AvgIpc) is 2.28. The summed E-state index contributed by atoms with van der Waals surface area (Å²) in [5.41, 5.74) is 1.52. The maximum Gasteiger partial charge on any atom is 0.328 e. The van der Waals surface area contributed by atoms with Crippen molar-refractivity contribution < 1.29 is 14.3 Å². The molecular formula is C11H11NO3. The van der Waals surface area contributed by atoms with Crippen LogP contribution in [0.4, 0.5) is 0 Å². The van der Waals surface area contributed by atoms with E-state index < -0.39 is 12.0 Å². The van der Waals surface area contributed by atoms with Crippen molar-refractivity contribution >= 4 is 11.9 Å². The van der Waals surface area contributed by atoms with Crippen molar-refractivity contribution in [3.8, 4) is 0 Å². The van der Waals surface area contributed by atoms with Crippen molar-refractivity contribution in [2.75, 3.05) is 7.11 Å². The number of hydrogen-bond acceptors (Lipinski definition) is 3. The molecule has 0 bridgehead atoms. The van der Waals surface area contributed by atoms with Crippen molar-refractivity contribution in [1.29, 1.82) is 0 Å². The van der Waals surface area contributed by atoms with E-state index in [0.29, 0.717) is 12.0 Å². The molecule has 2 rings (SSSR count). The number of nitrogens with one attached hydrogen (secondary N) is 1. The first kappa shape index (κ1) is 9.71. The normalized spacial score (nSPS) is 19.0. The van der Waals surface area contributed by atoms with Gasteiger partial charge in [-0.2, -0.15) is 0 Å². The van der Waals surface area contributed by atoms with Gasteiger partial charge in [0.15, 0.2) is 0 Å². The van der Waals surface area contributed by atoms with Crippen LogP contribution in [0.25, 0.3) is 0 Å². The summed E-state index contributed by atoms with van der Waals surface area (Å²) in [6.07, 6.45) is 0.495. The van der Waals surface area contributed by atoms with Crippen LogP contribution in [0, 0.1) is 0 Å². The molecule has 1 unspecified atom stereocenters. The number of amides is 1. The molecule has 0 aliphatic carbocycles. The number of hydrogen-bond donors (Lipinski definition) is 1. The van der Waals surface area contributed by atoms with E-state index in [1.54, 1.807) is 12.1 Å². The molecule has 0 fully saturated rings. The van der Waals surface area contributed by atoms with E-state index >= 15 is 0 Å². The fraction of sp³-hybridized carbons (Fsp3) is 0.273. The molecule has 1 heterocycles. The largest absolute Gasteiger partial charge is 0.467 e. The van der Waals surface area contributed by atoms with Crippen LogP contribution in [-0.4, -0.2) is 25.0 Å². The number of benzene rings is 1. The van der Waals surface area contributed by atoms with Crippen molar-refractivity contribution in [1.82, 2.24) is 5.32 Å². The number of carbonyl (C=O) groups excluding carboxylic acids is 2. The van der Waals surface area contributed by atoms with Gasteiger partial charge in [-0.05, 0) is 11.6 Å². The quantitative estimate of drug-likeness (QED) is 0.680. The number of fused-ring (bicyclic) bond motifs is 1. The fourth-order valence-electron chi connectivity index (χ4n) is 1.71. The molecule has 0 spiro atoms. The van der Waals surface area contributed by atoms with Crippen molar-refractivity contribution in [3.63, 3.8) is 0 Å². The number of esters is 1. The van der Waals surface area contributed by atoms with E-state index in [-0.39, 0.29) is 5.91 Å². The molecule has 1 N–H and O–H groups in total. The maximum atomic E-state index is 11.6. The third kappa shape index (κ3) is 1.70. The Balaban J connectivity index is 2.30. The van der Waals surface area contributed by atoms with E-state index in [1.165, 1.54) is 7.11 Å². The van der Waals surface area contributed by atoms with Crippen molar-refractivity contribution in [3.05, 3.63) is 35.4 Å². The van der Waals surface area contributed by atoms with E-state index in [2.05, 4.69) is 10.1 Å². The molecule has 4 heteroatoms. The summed E-state index contributed by atoms with van der Waals surface area (Å²) >= 11 is 0. The minimum atomic E-state index is -0.558. The Kier molecular flexibility index (Phi) is 2.41. The molecule has 1 aliphatic rings. The molecule has 0 saturated heterocycles. The van der Waals surface area contributed by atoms with Crippen LogP contribution in [0.2, 0.25) is 0 Å². The molecule has 1 amide bonds. The molecule has 78 valence electrons. The van der Waals surface area contributed by atoms with E-state index in [1.807, 2.05) is 12.1 Å². The standard InChI is InChI=1S/C11H11NO3/c1-15-11(14)9-6-7-4-2-3-5-8(7)10(13)12-9/h2-5,9H,6H2,1H3,(H,12,13). The summed E-state index contributed by atoms with van der Waals surface area (Å²) in [6.45, 7) is 0. The first-order chi connectivity index (χ1) is 7.22. The summed E-state index contributed by atoms with van der Waals surface area (Å²) in [6, 6.07) is 6.70. The smallest absolute Gasteiger partial charge is 0.328 e. The fourth-order valence-corrected chi connectivity index (χ4v) is 1.71. The van der Waals surface area contributed by atoms with Gasteiger partial charge >= 0.3 is 5.97 Å². The molecule has 1 aromatic rings. The molecular weight excluding hydrogens is 194 g/mol. The van der Waals surface area contributed by atoms with Crippen molar-refractivity contribution in [2.24, 2.45) is 0 Å². The van der Waals surface area contributed by atoms with Gasteiger partial charge in [-0.1, -0.05) is 18.2 Å². The summed E-state index contributed by atoms with van der Waals surface area (Å²) in [7, 11) is 1.31. The van der Waals surface area contributed by atoms with Gasteiger partial charge < -0.3 is 10.1 Å². The predicted octanol–water partition coefficient (Wildman–Crippen LogP) is 0.514. The van der Waals surface area contributed by atoms with E-state index in [9.17, 15) is 9.59 Å². The van der Waals surface area contributed by atoms with Gasteiger partial charge in [0.2, 0.25) is 0 Å². The zero-order valence-corrected chi connectivity index (χ0v) is 8.32. The van der Waals surface area contributed by atoms with Crippen LogP contribution in [0.3, 0.4) is 0 Å². The zero-order chi connectivity index (χ0) is 10.8. The van der Waals surface area contributed by atoms with Crippen molar-refractivity contribution in [2.45, 2.75) is 12.5 Å². The molecule has 1 atom stereocenters. The Morgan fingerprint density at radius 2 is 2.20 bits per heavy atom. The number of rotatable bonds is 1. The highest BCUT2D eigenvalue weighted by Gasteiger charge is 2.28. The Bertz CT molecular complexity index is 414. The average molecular weight is 205 g/mol. The van der Waals surface area contributed by atoms with Crippen LogP contribution >= 0.6 is 0 Å². The lowest BCUT2D eigenvalue weighted by atomic mass is 9.95. The van der Waals surface area contributed by atoms with Crippen LogP contribution in [0.1, 0.15) is 15.9 Å². The number of ether oxygens (including phenoxy) is 1. The predicted molar refractivity (Wildman–Crippen MR) is 53.4 cm³/mol. The molecule has 0 saturated carbocycles. The van der Waals surface area contributed by atoms with Gasteiger partial charge in [-0.25, -0.2) is 4.79 Å². The Labute approximate surface area is 87.2 Å². The van der Waals surface area contributed by atoms with Gasteiger partial charge in [0.25, 0.3) is 5.91 Å². The van der Waals surface area contributed by atoms with E-state index in [0.717, 1.165) is 5.56 Å². The SMILES string of the molecule is COC(=O)C1Cc2ccccc2C(=O)N1. The third-order valence-electron chi connectivity index (χ3n) is 2.48. The molecule has 1 aromatic carbocycles. The molecule has 0 aromatic heterocycles. The Hall–Kier alpha value is -1.84. The lowest BCUT2D eigenvalue weighted by molar-refractivity contribution is -0.142. The van der Waals surface area contributed by atoms with Gasteiger partial charge in [0.05, 0.1) is 7.11 Å². The third-order valence-corrected chi connectivity index (χ3v) is 2.48. The summed E-state index contributed by atoms with van der Waals surface area (Å²) in [5, 5.41) is 2.61. The molecule has 15 heavy (non-hydrogen) atoms. The monoisotopic (exact) mass is 205 g/mol.